The van der Waals surface area contributed by atoms with E-state index in [1.165, 1.54) is 12.7 Å². The van der Waals surface area contributed by atoms with E-state index < -0.39 is 13.9 Å². The van der Waals surface area contributed by atoms with Crippen molar-refractivity contribution in [1.29, 1.82) is 0 Å². The van der Waals surface area contributed by atoms with Crippen molar-refractivity contribution in [2.45, 2.75) is 12.8 Å². The van der Waals surface area contributed by atoms with Gasteiger partial charge in [-0.3, -0.25) is 13.6 Å². The molecule has 10 nitrogen and oxygen atoms in total. The zero-order valence-electron chi connectivity index (χ0n) is 10.2. The van der Waals surface area contributed by atoms with Gasteiger partial charge >= 0.3 is 7.82 Å². The van der Waals surface area contributed by atoms with Gasteiger partial charge in [0.25, 0.3) is 0 Å². The minimum absolute atomic E-state index is 0.0163. The molecule has 0 unspecified atom stereocenters. The van der Waals surface area contributed by atoms with Gasteiger partial charge in [-0.15, -0.1) is 0 Å². The summed E-state index contributed by atoms with van der Waals surface area (Å²) in [5, 5.41) is 0. The van der Waals surface area contributed by atoms with E-state index in [1.54, 1.807) is 4.57 Å². The van der Waals surface area contributed by atoms with Gasteiger partial charge in [0.1, 0.15) is 24.7 Å². The Morgan fingerprint density at radius 2 is 2.20 bits per heavy atom. The van der Waals surface area contributed by atoms with E-state index in [0.717, 1.165) is 0 Å². The van der Waals surface area contributed by atoms with Crippen LogP contribution in [0.1, 0.15) is 0 Å². The highest BCUT2D eigenvalue weighted by molar-refractivity contribution is 7.47. The molecule has 0 spiro atoms. The Morgan fingerprint density at radius 1 is 1.45 bits per heavy atom. The summed E-state index contributed by atoms with van der Waals surface area (Å²) in [6, 6.07) is 0. The van der Waals surface area contributed by atoms with Crippen LogP contribution >= 0.6 is 7.82 Å². The van der Waals surface area contributed by atoms with Gasteiger partial charge in [-0.1, -0.05) is 0 Å². The molecular formula is C9H12N5O5P. The third-order valence-electron chi connectivity index (χ3n) is 2.73. The van der Waals surface area contributed by atoms with Gasteiger partial charge < -0.3 is 15.4 Å². The summed E-state index contributed by atoms with van der Waals surface area (Å²) in [5.74, 6) is 0.291. The number of ether oxygens (including phenoxy) is 1. The number of phosphoric ester groups is 1. The summed E-state index contributed by atoms with van der Waals surface area (Å²) in [4.78, 5) is 21.0. The summed E-state index contributed by atoms with van der Waals surface area (Å²) in [6.07, 6.45) is 2.42. The van der Waals surface area contributed by atoms with Gasteiger partial charge in [0.05, 0.1) is 19.5 Å². The van der Waals surface area contributed by atoms with Crippen molar-refractivity contribution >= 4 is 24.8 Å². The molecule has 1 fully saturated rings. The molecule has 3 heterocycles. The summed E-state index contributed by atoms with van der Waals surface area (Å²) in [5.41, 5.74) is 6.71. The van der Waals surface area contributed by atoms with Crippen molar-refractivity contribution in [3.8, 4) is 0 Å². The van der Waals surface area contributed by atoms with E-state index in [9.17, 15) is 4.57 Å². The molecule has 3 rings (SSSR count). The van der Waals surface area contributed by atoms with E-state index in [1.807, 2.05) is 0 Å². The molecule has 0 aliphatic carbocycles. The molecule has 108 valence electrons. The van der Waals surface area contributed by atoms with E-state index in [-0.39, 0.29) is 19.9 Å². The number of imidazole rings is 1. The fourth-order valence-corrected chi connectivity index (χ4v) is 2.50. The van der Waals surface area contributed by atoms with Crippen LogP contribution in [0, 0.1) is 0 Å². The van der Waals surface area contributed by atoms with Crippen molar-refractivity contribution in [3.63, 3.8) is 0 Å². The number of hydrogen-bond acceptors (Lipinski definition) is 8. The normalized spacial score (nSPS) is 26.9. The molecule has 0 radical (unpaired) electrons. The Balaban J connectivity index is 1.66. The van der Waals surface area contributed by atoms with Gasteiger partial charge in [0.15, 0.2) is 11.5 Å². The second-order valence-electron chi connectivity index (χ2n) is 4.12. The monoisotopic (exact) mass is 301 g/mol. The Hall–Kier alpha value is -1.58. The lowest BCUT2D eigenvalue weighted by molar-refractivity contribution is -0.0720. The first kappa shape index (κ1) is 13.4. The lowest BCUT2D eigenvalue weighted by Crippen LogP contribution is -2.29. The Kier molecular flexibility index (Phi) is 3.40. The molecule has 1 aliphatic heterocycles. The first-order valence-electron chi connectivity index (χ1n) is 5.70. The number of fused-ring (bicyclic) bond motifs is 1. The van der Waals surface area contributed by atoms with Crippen LogP contribution in [0.3, 0.4) is 0 Å². The highest BCUT2D eigenvalue weighted by atomic mass is 31.2. The summed E-state index contributed by atoms with van der Waals surface area (Å²) >= 11 is 0. The molecule has 0 aromatic carbocycles. The number of nitrogens with two attached hydrogens (primary N) is 1. The first-order chi connectivity index (χ1) is 9.55. The molecule has 0 saturated carbocycles. The van der Waals surface area contributed by atoms with Crippen molar-refractivity contribution in [2.24, 2.45) is 0 Å². The number of nitrogen functional groups attached to an aromatic ring is 1. The maximum Gasteiger partial charge on any atom is 0.472 e. The van der Waals surface area contributed by atoms with Gasteiger partial charge in [-0.2, -0.15) is 0 Å². The molecular weight excluding hydrogens is 289 g/mol. The van der Waals surface area contributed by atoms with E-state index >= 15 is 0 Å². The van der Waals surface area contributed by atoms with E-state index in [2.05, 4.69) is 24.0 Å². The fourth-order valence-electron chi connectivity index (χ4n) is 1.72. The van der Waals surface area contributed by atoms with Crippen LogP contribution in [0.2, 0.25) is 0 Å². The molecule has 2 aromatic rings. The minimum Gasteiger partial charge on any atom is -0.382 e. The molecule has 0 bridgehead atoms. The number of anilines is 1. The lowest BCUT2D eigenvalue weighted by atomic mass is 10.4. The molecule has 3 N–H and O–H groups in total. The standard InChI is InChI=1S/C9H12N5O5P/c10-8-7-9(12-3-11-8)14(4-13-7)5-17-6-1-18-20(15,16)19-2-6/h3-4,6H,1-2,5H2,(H,15,16)(H2,10,11,12). The van der Waals surface area contributed by atoms with E-state index in [4.69, 9.17) is 15.4 Å². The zero-order valence-corrected chi connectivity index (χ0v) is 11.1. The molecule has 11 heteroatoms. The third kappa shape index (κ3) is 2.65. The second-order valence-corrected chi connectivity index (χ2v) is 5.58. The fraction of sp³-hybridized carbons (Fsp3) is 0.444. The first-order valence-corrected chi connectivity index (χ1v) is 7.19. The van der Waals surface area contributed by atoms with Gasteiger partial charge in [-0.25, -0.2) is 19.5 Å². The molecule has 1 aliphatic rings. The van der Waals surface area contributed by atoms with Crippen LogP contribution in [-0.2, 0) is 25.1 Å². The number of rotatable bonds is 3. The van der Waals surface area contributed by atoms with Crippen molar-refractivity contribution in [2.75, 3.05) is 18.9 Å². The average Bonchev–Trinajstić information content (AvgIpc) is 2.82. The van der Waals surface area contributed by atoms with Crippen LogP contribution < -0.4 is 5.73 Å². The van der Waals surface area contributed by atoms with Gasteiger partial charge in [0, 0.05) is 0 Å². The summed E-state index contributed by atoms with van der Waals surface area (Å²) in [6.45, 7) is 0.106. The highest BCUT2D eigenvalue weighted by Crippen LogP contribution is 2.46. The maximum atomic E-state index is 11.0. The van der Waals surface area contributed by atoms with Crippen LogP contribution in [0.15, 0.2) is 12.7 Å². The van der Waals surface area contributed by atoms with Crippen LogP contribution in [0.25, 0.3) is 11.2 Å². The second kappa shape index (κ2) is 5.08. The number of aromatic nitrogens is 4. The molecule has 0 amide bonds. The Morgan fingerprint density at radius 3 is 2.95 bits per heavy atom. The average molecular weight is 301 g/mol. The van der Waals surface area contributed by atoms with Crippen LogP contribution in [-0.4, -0.2) is 43.7 Å². The number of hydrogen-bond donors (Lipinski definition) is 2. The summed E-state index contributed by atoms with van der Waals surface area (Å²) < 4.78 is 27.5. The van der Waals surface area contributed by atoms with Crippen molar-refractivity contribution < 1.29 is 23.2 Å². The largest absolute Gasteiger partial charge is 0.472 e. The maximum absolute atomic E-state index is 11.0. The molecule has 1 saturated heterocycles. The quantitative estimate of drug-likeness (QED) is 0.745. The lowest BCUT2D eigenvalue weighted by Gasteiger charge is -2.25. The summed E-state index contributed by atoms with van der Waals surface area (Å²) in [7, 11) is -3.89. The minimum atomic E-state index is -3.89. The molecule has 0 atom stereocenters. The van der Waals surface area contributed by atoms with Crippen molar-refractivity contribution in [1.82, 2.24) is 19.5 Å². The van der Waals surface area contributed by atoms with Gasteiger partial charge in [0.2, 0.25) is 0 Å². The third-order valence-corrected chi connectivity index (χ3v) is 3.68. The predicted octanol–water partition coefficient (Wildman–Crippen LogP) is -0.102. The zero-order chi connectivity index (χ0) is 14.2. The molecule has 20 heavy (non-hydrogen) atoms. The van der Waals surface area contributed by atoms with Gasteiger partial charge in [-0.05, 0) is 0 Å². The van der Waals surface area contributed by atoms with Crippen LogP contribution in [0.4, 0.5) is 5.82 Å². The smallest absolute Gasteiger partial charge is 0.382 e. The van der Waals surface area contributed by atoms with Crippen molar-refractivity contribution in [3.05, 3.63) is 12.7 Å². The Labute approximate surface area is 113 Å². The number of nitrogens with zero attached hydrogens (tertiary/aromatic N) is 4. The Bertz CT molecular complexity index is 664. The van der Waals surface area contributed by atoms with Crippen LogP contribution in [0.5, 0.6) is 0 Å². The number of phosphoric acid groups is 1. The highest BCUT2D eigenvalue weighted by Gasteiger charge is 2.30. The SMILES string of the molecule is Nc1ncnc2c1ncn2COC1COP(=O)(O)OC1. The topological polar surface area (TPSA) is 135 Å². The molecule has 2 aromatic heterocycles. The van der Waals surface area contributed by atoms with E-state index in [0.29, 0.717) is 17.0 Å². The predicted molar refractivity (Wildman–Crippen MR) is 66.3 cm³/mol.